The second-order valence-corrected chi connectivity index (χ2v) is 23.8. The Kier molecular flexibility index (Phi) is 67.7. The average molecular weight is 1160 g/mol. The molecule has 0 aliphatic rings. The fourth-order valence-corrected chi connectivity index (χ4v) is 10.2. The molecule has 1 atom stereocenters. The minimum absolute atomic E-state index is 0.0843. The SMILES string of the molecule is CC/C=C\C/C=C\C/C=C\C/C=C\CCCCCCCCCCC(=O)OC(COC(=O)CCCCCCCC/C=C\C/C=C\C/C=C\CCCCCCC)COC(=O)CCCCCCCCCCCCC/C=C\CCCCCCCCCC. The van der Waals surface area contributed by atoms with Crippen molar-refractivity contribution in [3.05, 3.63) is 97.2 Å². The van der Waals surface area contributed by atoms with Gasteiger partial charge < -0.3 is 14.2 Å². The zero-order valence-corrected chi connectivity index (χ0v) is 54.9. The van der Waals surface area contributed by atoms with Gasteiger partial charge in [-0.25, -0.2) is 0 Å². The Morgan fingerprint density at radius 1 is 0.253 bits per heavy atom. The molecule has 0 N–H and O–H groups in total. The number of carbonyl (C=O) groups is 3. The first-order chi connectivity index (χ1) is 41.0. The lowest BCUT2D eigenvalue weighted by atomic mass is 10.0. The number of unbranched alkanes of at least 4 members (excludes halogenated alkanes) is 38. The van der Waals surface area contributed by atoms with Crippen molar-refractivity contribution in [1.82, 2.24) is 0 Å². The van der Waals surface area contributed by atoms with Gasteiger partial charge in [0.1, 0.15) is 13.2 Å². The van der Waals surface area contributed by atoms with Gasteiger partial charge in [0.05, 0.1) is 0 Å². The molecule has 0 heterocycles. The van der Waals surface area contributed by atoms with Crippen LogP contribution in [0.3, 0.4) is 0 Å². The minimum Gasteiger partial charge on any atom is -0.462 e. The Morgan fingerprint density at radius 2 is 0.470 bits per heavy atom. The van der Waals surface area contributed by atoms with Crippen LogP contribution < -0.4 is 0 Å². The van der Waals surface area contributed by atoms with E-state index in [-0.39, 0.29) is 31.1 Å². The summed E-state index contributed by atoms with van der Waals surface area (Å²) in [4.78, 5) is 38.5. The molecule has 0 aromatic heterocycles. The fraction of sp³-hybridized carbons (Fsp3) is 0.753. The zero-order valence-electron chi connectivity index (χ0n) is 54.9. The van der Waals surface area contributed by atoms with Crippen molar-refractivity contribution in [3.63, 3.8) is 0 Å². The molecule has 0 saturated heterocycles. The fourth-order valence-electron chi connectivity index (χ4n) is 10.2. The van der Waals surface area contributed by atoms with E-state index in [0.29, 0.717) is 19.3 Å². The van der Waals surface area contributed by atoms with Crippen molar-refractivity contribution in [2.24, 2.45) is 0 Å². The molecule has 478 valence electrons. The van der Waals surface area contributed by atoms with E-state index in [1.165, 1.54) is 205 Å². The molecule has 0 bridgehead atoms. The quantitative estimate of drug-likeness (QED) is 0.0261. The molecule has 6 nitrogen and oxygen atoms in total. The van der Waals surface area contributed by atoms with E-state index in [1.807, 2.05) is 0 Å². The average Bonchev–Trinajstić information content (AvgIpc) is 3.49. The Morgan fingerprint density at radius 3 is 0.747 bits per heavy atom. The minimum atomic E-state index is -0.791. The summed E-state index contributed by atoms with van der Waals surface area (Å²) in [6.45, 7) is 6.54. The number of carbonyl (C=O) groups excluding carboxylic acids is 3. The van der Waals surface area contributed by atoms with Crippen LogP contribution in [0.5, 0.6) is 0 Å². The number of rotatable bonds is 65. The van der Waals surface area contributed by atoms with E-state index >= 15 is 0 Å². The largest absolute Gasteiger partial charge is 0.462 e. The number of hydrogen-bond acceptors (Lipinski definition) is 6. The normalized spacial score (nSPS) is 12.7. The van der Waals surface area contributed by atoms with Gasteiger partial charge in [0, 0.05) is 19.3 Å². The summed E-state index contributed by atoms with van der Waals surface area (Å²) in [6, 6.07) is 0. The van der Waals surface area contributed by atoms with Gasteiger partial charge in [-0.3, -0.25) is 14.4 Å². The van der Waals surface area contributed by atoms with E-state index in [9.17, 15) is 14.4 Å². The van der Waals surface area contributed by atoms with E-state index in [0.717, 1.165) is 109 Å². The first-order valence-corrected chi connectivity index (χ1v) is 35.7. The second kappa shape index (κ2) is 70.8. The van der Waals surface area contributed by atoms with Crippen LogP contribution in [0.25, 0.3) is 0 Å². The summed E-state index contributed by atoms with van der Waals surface area (Å²) in [5.41, 5.74) is 0. The third-order valence-electron chi connectivity index (χ3n) is 15.5. The lowest BCUT2D eigenvalue weighted by molar-refractivity contribution is -0.167. The van der Waals surface area contributed by atoms with Crippen LogP contribution >= 0.6 is 0 Å². The maximum absolute atomic E-state index is 13.0. The van der Waals surface area contributed by atoms with E-state index in [2.05, 4.69) is 118 Å². The Labute approximate surface area is 515 Å². The van der Waals surface area contributed by atoms with Crippen LogP contribution in [0, 0.1) is 0 Å². The summed E-state index contributed by atoms with van der Waals surface area (Å²) < 4.78 is 17.0. The molecule has 83 heavy (non-hydrogen) atoms. The van der Waals surface area contributed by atoms with Gasteiger partial charge in [0.15, 0.2) is 6.10 Å². The highest BCUT2D eigenvalue weighted by Crippen LogP contribution is 2.17. The predicted octanol–water partition coefficient (Wildman–Crippen LogP) is 24.8. The summed E-state index contributed by atoms with van der Waals surface area (Å²) in [5, 5.41) is 0. The molecule has 0 saturated carbocycles. The molecule has 0 aliphatic heterocycles. The number of ether oxygens (including phenoxy) is 3. The number of allylic oxidation sites excluding steroid dienone is 16. The van der Waals surface area contributed by atoms with Gasteiger partial charge in [-0.15, -0.1) is 0 Å². The highest BCUT2D eigenvalue weighted by molar-refractivity contribution is 5.71. The Bertz CT molecular complexity index is 1610. The van der Waals surface area contributed by atoms with E-state index in [4.69, 9.17) is 14.2 Å². The Balaban J connectivity index is 4.41. The van der Waals surface area contributed by atoms with Crippen molar-refractivity contribution >= 4 is 17.9 Å². The van der Waals surface area contributed by atoms with Gasteiger partial charge in [-0.2, -0.15) is 0 Å². The van der Waals surface area contributed by atoms with Crippen molar-refractivity contribution in [1.29, 1.82) is 0 Å². The molecular weight excluding hydrogens is 1020 g/mol. The highest BCUT2D eigenvalue weighted by atomic mass is 16.6. The standard InChI is InChI=1S/C77H134O6/c1-4-7-10-13-16-19-22-25-28-31-34-37-38-41-43-46-49-52-55-58-61-64-67-70-76(79)82-73-74(83-77(80)71-68-65-62-59-56-53-50-47-44-40-36-33-30-27-24-21-18-15-12-9-6-3)72-81-75(78)69-66-63-60-57-54-51-48-45-42-39-35-32-29-26-23-20-17-14-11-8-5-2/h9,12,18,21,23,26-27,30-32,34-36,40,42,45,74H,4-8,10-11,13-17,19-20,22,24-25,28-29,33,37-39,41,43-44,46-73H2,1-3H3/b12-9-,21-18-,26-23-,30-27-,34-31-,35-32-,40-36-,45-42-. The van der Waals surface area contributed by atoms with Crippen LogP contribution in [-0.2, 0) is 28.6 Å². The van der Waals surface area contributed by atoms with Gasteiger partial charge in [0.2, 0.25) is 0 Å². The molecule has 1 unspecified atom stereocenters. The van der Waals surface area contributed by atoms with Crippen LogP contribution in [0.2, 0.25) is 0 Å². The predicted molar refractivity (Wildman–Crippen MR) is 362 cm³/mol. The lowest BCUT2D eigenvalue weighted by Crippen LogP contribution is -2.30. The molecule has 0 aliphatic carbocycles. The van der Waals surface area contributed by atoms with Gasteiger partial charge >= 0.3 is 17.9 Å². The topological polar surface area (TPSA) is 78.9 Å². The lowest BCUT2D eigenvalue weighted by Gasteiger charge is -2.18. The molecular formula is C77H134O6. The van der Waals surface area contributed by atoms with Crippen molar-refractivity contribution < 1.29 is 28.6 Å². The van der Waals surface area contributed by atoms with Crippen molar-refractivity contribution in [2.75, 3.05) is 13.2 Å². The van der Waals surface area contributed by atoms with Crippen LogP contribution in [0.1, 0.15) is 355 Å². The molecule has 0 aromatic rings. The molecule has 0 aromatic carbocycles. The molecule has 0 amide bonds. The van der Waals surface area contributed by atoms with Gasteiger partial charge in [-0.05, 0) is 122 Å². The highest BCUT2D eigenvalue weighted by Gasteiger charge is 2.19. The second-order valence-electron chi connectivity index (χ2n) is 23.8. The van der Waals surface area contributed by atoms with E-state index in [1.54, 1.807) is 0 Å². The molecule has 0 rings (SSSR count). The smallest absolute Gasteiger partial charge is 0.306 e. The van der Waals surface area contributed by atoms with E-state index < -0.39 is 6.10 Å². The first-order valence-electron chi connectivity index (χ1n) is 35.7. The van der Waals surface area contributed by atoms with Gasteiger partial charge in [0.25, 0.3) is 0 Å². The summed E-state index contributed by atoms with van der Waals surface area (Å²) in [5.74, 6) is -0.890. The molecule has 0 fully saturated rings. The van der Waals surface area contributed by atoms with Crippen molar-refractivity contribution in [2.45, 2.75) is 361 Å². The number of hydrogen-bond donors (Lipinski definition) is 0. The van der Waals surface area contributed by atoms with Crippen molar-refractivity contribution in [3.8, 4) is 0 Å². The Hall–Kier alpha value is -3.67. The molecule has 0 spiro atoms. The summed E-state index contributed by atoms with van der Waals surface area (Å²) >= 11 is 0. The first kappa shape index (κ1) is 79.3. The number of esters is 3. The van der Waals surface area contributed by atoms with Crippen LogP contribution in [0.4, 0.5) is 0 Å². The molecule has 6 heteroatoms. The zero-order chi connectivity index (χ0) is 59.9. The summed E-state index contributed by atoms with van der Waals surface area (Å²) in [6.07, 6.45) is 95.7. The summed E-state index contributed by atoms with van der Waals surface area (Å²) in [7, 11) is 0. The molecule has 0 radical (unpaired) electrons. The maximum atomic E-state index is 13.0. The third kappa shape index (κ3) is 69.0. The van der Waals surface area contributed by atoms with Gasteiger partial charge in [-0.1, -0.05) is 311 Å². The van der Waals surface area contributed by atoms with Crippen LogP contribution in [0.15, 0.2) is 97.2 Å². The monoisotopic (exact) mass is 1160 g/mol. The third-order valence-corrected chi connectivity index (χ3v) is 15.5. The van der Waals surface area contributed by atoms with Crippen LogP contribution in [-0.4, -0.2) is 37.2 Å². The maximum Gasteiger partial charge on any atom is 0.306 e.